The van der Waals surface area contributed by atoms with E-state index in [-0.39, 0.29) is 20.1 Å². The van der Waals surface area contributed by atoms with E-state index in [9.17, 15) is 0 Å². The molecule has 189 valence electrons. The van der Waals surface area contributed by atoms with E-state index in [0.29, 0.717) is 0 Å². The van der Waals surface area contributed by atoms with Crippen LogP contribution in [0.3, 0.4) is 0 Å². The molecule has 0 aliphatic rings. The van der Waals surface area contributed by atoms with E-state index >= 15 is 0 Å². The summed E-state index contributed by atoms with van der Waals surface area (Å²) < 4.78 is 0. The summed E-state index contributed by atoms with van der Waals surface area (Å²) in [4.78, 5) is 9.41. The van der Waals surface area contributed by atoms with Crippen molar-refractivity contribution in [2.75, 3.05) is 0 Å². The van der Waals surface area contributed by atoms with Gasteiger partial charge >= 0.3 is 0 Å². The number of rotatable bonds is 3. The molecular formula is C36H24IrN2-2. The average Bonchev–Trinajstić information content (AvgIpc) is 3.02. The monoisotopic (exact) mass is 677 g/mol. The van der Waals surface area contributed by atoms with Crippen molar-refractivity contribution in [2.45, 2.75) is 0 Å². The average molecular weight is 677 g/mol. The van der Waals surface area contributed by atoms with Crippen LogP contribution in [0.4, 0.5) is 0 Å². The molecule has 0 bridgehead atoms. The minimum atomic E-state index is 0. The molecule has 0 saturated carbocycles. The van der Waals surface area contributed by atoms with Crippen LogP contribution in [0.25, 0.3) is 55.4 Å². The zero-order chi connectivity index (χ0) is 25.6. The molecule has 1 radical (unpaired) electrons. The summed E-state index contributed by atoms with van der Waals surface area (Å²) in [5, 5.41) is 2.34. The minimum Gasteiger partial charge on any atom is -0.296 e. The molecule has 2 nitrogen and oxygen atoms in total. The van der Waals surface area contributed by atoms with Gasteiger partial charge in [-0.3, -0.25) is 9.97 Å². The fourth-order valence-electron chi connectivity index (χ4n) is 4.49. The number of hydrogen-bond acceptors (Lipinski definition) is 2. The first-order valence-electron chi connectivity index (χ1n) is 12.6. The normalized spacial score (nSPS) is 10.4. The van der Waals surface area contributed by atoms with Crippen molar-refractivity contribution in [2.24, 2.45) is 0 Å². The number of pyridine rings is 2. The van der Waals surface area contributed by atoms with Gasteiger partial charge in [-0.25, -0.2) is 0 Å². The molecule has 0 fully saturated rings. The quantitative estimate of drug-likeness (QED) is 0.175. The molecule has 7 aromatic rings. The number of fused-ring (bicyclic) bond motifs is 2. The Balaban J connectivity index is 0.000000161. The summed E-state index contributed by atoms with van der Waals surface area (Å²) in [6.07, 6.45) is 0. The second-order valence-electron chi connectivity index (χ2n) is 8.88. The van der Waals surface area contributed by atoms with Gasteiger partial charge in [0.1, 0.15) is 0 Å². The molecule has 0 unspecified atom stereocenters. The summed E-state index contributed by atoms with van der Waals surface area (Å²) >= 11 is 0. The Morgan fingerprint density at radius 2 is 1.05 bits per heavy atom. The first kappa shape index (κ1) is 26.2. The Kier molecular flexibility index (Phi) is 8.33. The van der Waals surface area contributed by atoms with Crippen molar-refractivity contribution in [1.29, 1.82) is 0 Å². The molecule has 0 aliphatic heterocycles. The predicted octanol–water partition coefficient (Wildman–Crippen LogP) is 9.07. The van der Waals surface area contributed by atoms with Crippen LogP contribution in [0.15, 0.2) is 146 Å². The molecule has 39 heavy (non-hydrogen) atoms. The van der Waals surface area contributed by atoms with Crippen molar-refractivity contribution < 1.29 is 20.1 Å². The number of hydrogen-bond donors (Lipinski definition) is 0. The van der Waals surface area contributed by atoms with Gasteiger partial charge in [-0.2, -0.15) is 0 Å². The van der Waals surface area contributed by atoms with Crippen molar-refractivity contribution in [3.8, 4) is 33.6 Å². The molecule has 0 saturated heterocycles. The van der Waals surface area contributed by atoms with Crippen LogP contribution in [0.1, 0.15) is 0 Å². The predicted molar refractivity (Wildman–Crippen MR) is 157 cm³/mol. The fourth-order valence-corrected chi connectivity index (χ4v) is 4.49. The Labute approximate surface area is 242 Å². The van der Waals surface area contributed by atoms with Gasteiger partial charge in [0.15, 0.2) is 0 Å². The number of aromatic nitrogens is 2. The third kappa shape index (κ3) is 6.02. The van der Waals surface area contributed by atoms with Gasteiger partial charge < -0.3 is 0 Å². The zero-order valence-electron chi connectivity index (χ0n) is 21.1. The van der Waals surface area contributed by atoms with Crippen LogP contribution in [0.5, 0.6) is 0 Å². The summed E-state index contributed by atoms with van der Waals surface area (Å²) in [5.74, 6) is 0. The van der Waals surface area contributed by atoms with Crippen molar-refractivity contribution in [3.63, 3.8) is 0 Å². The van der Waals surface area contributed by atoms with Gasteiger partial charge in [0.2, 0.25) is 0 Å². The maximum Gasteiger partial charge on any atom is 0.0601 e. The molecule has 0 atom stereocenters. The molecule has 0 N–H and O–H groups in total. The molecule has 5 aromatic carbocycles. The SMILES string of the molecule is [Ir].[c-]1ccccc1-c1cc(-c2ccccc2)c2ccccc2n1.[c-]1ccccc1-c1ccc2ccccc2n1. The fraction of sp³-hybridized carbons (Fsp3) is 0. The van der Waals surface area contributed by atoms with Crippen LogP contribution in [0, 0.1) is 12.1 Å². The summed E-state index contributed by atoms with van der Waals surface area (Å²) in [5.41, 5.74) is 8.43. The van der Waals surface area contributed by atoms with Gasteiger partial charge in [0.05, 0.1) is 11.0 Å². The standard InChI is InChI=1S/C21H14N.C15H10N.Ir/c1-3-9-16(10-4-1)19-15-21(17-11-5-2-6-12-17)22-20-14-8-7-13-18(19)20;1-2-6-12(7-3-1)15-11-10-13-8-4-5-9-14(13)16-15;/h1-11,13-15H;1-6,8-11H;/q2*-1;. The molecule has 0 amide bonds. The summed E-state index contributed by atoms with van der Waals surface area (Å²) in [7, 11) is 0. The van der Waals surface area contributed by atoms with Gasteiger partial charge in [-0.1, -0.05) is 84.9 Å². The first-order valence-corrected chi connectivity index (χ1v) is 12.6. The largest absolute Gasteiger partial charge is 0.296 e. The van der Waals surface area contributed by atoms with E-state index in [1.165, 1.54) is 21.9 Å². The van der Waals surface area contributed by atoms with E-state index in [1.807, 2.05) is 84.9 Å². The Bertz CT molecular complexity index is 1800. The Hall–Kier alpha value is -4.43. The van der Waals surface area contributed by atoms with E-state index < -0.39 is 0 Å². The van der Waals surface area contributed by atoms with Crippen molar-refractivity contribution in [3.05, 3.63) is 158 Å². The van der Waals surface area contributed by atoms with E-state index in [1.54, 1.807) is 0 Å². The van der Waals surface area contributed by atoms with Crippen LogP contribution in [-0.2, 0) is 20.1 Å². The smallest absolute Gasteiger partial charge is 0.0601 e. The number of para-hydroxylation sites is 2. The zero-order valence-corrected chi connectivity index (χ0v) is 23.5. The molecule has 0 aliphatic carbocycles. The number of benzene rings is 5. The van der Waals surface area contributed by atoms with Crippen LogP contribution < -0.4 is 0 Å². The second-order valence-corrected chi connectivity index (χ2v) is 8.88. The van der Waals surface area contributed by atoms with Gasteiger partial charge in [0.25, 0.3) is 0 Å². The van der Waals surface area contributed by atoms with E-state index in [0.717, 1.165) is 33.5 Å². The van der Waals surface area contributed by atoms with Crippen LogP contribution in [0.2, 0.25) is 0 Å². The molecule has 2 heterocycles. The van der Waals surface area contributed by atoms with E-state index in [4.69, 9.17) is 4.98 Å². The number of nitrogens with zero attached hydrogens (tertiary/aromatic N) is 2. The second kappa shape index (κ2) is 12.4. The maximum absolute atomic E-state index is 4.80. The molecule has 7 rings (SSSR count). The van der Waals surface area contributed by atoms with Gasteiger partial charge in [-0.15, -0.1) is 71.8 Å². The third-order valence-corrected chi connectivity index (χ3v) is 6.37. The molecular weight excluding hydrogens is 653 g/mol. The Morgan fingerprint density at radius 1 is 0.462 bits per heavy atom. The third-order valence-electron chi connectivity index (χ3n) is 6.37. The minimum absolute atomic E-state index is 0. The summed E-state index contributed by atoms with van der Waals surface area (Å²) in [6.45, 7) is 0. The van der Waals surface area contributed by atoms with Gasteiger partial charge in [-0.05, 0) is 40.0 Å². The van der Waals surface area contributed by atoms with Gasteiger partial charge in [0, 0.05) is 25.5 Å². The van der Waals surface area contributed by atoms with Crippen LogP contribution >= 0.6 is 0 Å². The molecule has 2 aromatic heterocycles. The topological polar surface area (TPSA) is 25.8 Å². The summed E-state index contributed by atoms with van der Waals surface area (Å²) in [6, 6.07) is 55.5. The van der Waals surface area contributed by atoms with Crippen molar-refractivity contribution in [1.82, 2.24) is 9.97 Å². The first-order chi connectivity index (χ1) is 18.8. The molecule has 0 spiro atoms. The Morgan fingerprint density at radius 3 is 1.77 bits per heavy atom. The van der Waals surface area contributed by atoms with E-state index in [2.05, 4.69) is 77.8 Å². The van der Waals surface area contributed by atoms with Crippen molar-refractivity contribution >= 4 is 21.8 Å². The van der Waals surface area contributed by atoms with Crippen LogP contribution in [-0.4, -0.2) is 9.97 Å². The maximum atomic E-state index is 4.80. The molecule has 3 heteroatoms.